The molecule has 1 N–H and O–H groups in total. The van der Waals surface area contributed by atoms with Crippen LogP contribution in [-0.4, -0.2) is 52.3 Å². The Labute approximate surface area is 186 Å². The van der Waals surface area contributed by atoms with Crippen molar-refractivity contribution >= 4 is 27.8 Å². The number of urea groups is 1. The van der Waals surface area contributed by atoms with Gasteiger partial charge in [-0.3, -0.25) is 0 Å². The normalized spacial score (nSPS) is 25.7. The molecule has 1 aliphatic heterocycles. The number of benzene rings is 1. The molecule has 2 aliphatic carbocycles. The van der Waals surface area contributed by atoms with Crippen LogP contribution in [0.4, 0.5) is 10.6 Å². The first-order valence-corrected chi connectivity index (χ1v) is 11.8. The first kappa shape index (κ1) is 19.8. The summed E-state index contributed by atoms with van der Waals surface area (Å²) in [6, 6.07) is 11.4. The molecular weight excluding hydrogens is 442 g/mol. The number of aryl methyl sites for hydroxylation is 1. The van der Waals surface area contributed by atoms with Crippen LogP contribution in [0.2, 0.25) is 0 Å². The fourth-order valence-electron chi connectivity index (χ4n) is 4.69. The van der Waals surface area contributed by atoms with Crippen molar-refractivity contribution in [1.82, 2.24) is 20.4 Å². The Bertz CT molecular complexity index is 919. The molecule has 2 saturated carbocycles. The minimum atomic E-state index is 0.116. The predicted octanol–water partition coefficient (Wildman–Crippen LogP) is 4.25. The van der Waals surface area contributed by atoms with E-state index in [0.29, 0.717) is 12.0 Å². The lowest BCUT2D eigenvalue weighted by atomic mass is 10.0. The maximum Gasteiger partial charge on any atom is 0.318 e. The van der Waals surface area contributed by atoms with E-state index in [4.69, 9.17) is 0 Å². The number of aromatic nitrogens is 2. The van der Waals surface area contributed by atoms with Crippen molar-refractivity contribution in [2.75, 3.05) is 18.0 Å². The summed E-state index contributed by atoms with van der Waals surface area (Å²) < 4.78 is 1.14. The highest BCUT2D eigenvalue weighted by Gasteiger charge is 2.44. The maximum atomic E-state index is 13.3. The van der Waals surface area contributed by atoms with E-state index in [9.17, 15) is 4.79 Å². The van der Waals surface area contributed by atoms with Gasteiger partial charge in [0.2, 0.25) is 0 Å². The van der Waals surface area contributed by atoms with Crippen molar-refractivity contribution in [2.24, 2.45) is 0 Å². The molecule has 1 aromatic heterocycles. The number of amides is 2. The first-order chi connectivity index (χ1) is 14.6. The third-order valence-electron chi connectivity index (χ3n) is 6.56. The third kappa shape index (κ3) is 4.17. The summed E-state index contributed by atoms with van der Waals surface area (Å²) in [6.45, 7) is 3.93. The summed E-state index contributed by atoms with van der Waals surface area (Å²) in [5.74, 6) is 1.34. The average molecular weight is 470 g/mol. The van der Waals surface area contributed by atoms with Gasteiger partial charge in [0.05, 0.1) is 6.04 Å². The number of anilines is 1. The molecular formula is C23H28BrN5O. The lowest BCUT2D eigenvalue weighted by Gasteiger charge is -2.40. The lowest BCUT2D eigenvalue weighted by molar-refractivity contribution is 0.160. The van der Waals surface area contributed by atoms with Crippen LogP contribution >= 0.6 is 15.9 Å². The highest BCUT2D eigenvalue weighted by Crippen LogP contribution is 2.42. The molecule has 2 heterocycles. The molecule has 3 fully saturated rings. The zero-order valence-corrected chi connectivity index (χ0v) is 18.9. The van der Waals surface area contributed by atoms with Crippen molar-refractivity contribution in [2.45, 2.75) is 63.1 Å². The van der Waals surface area contributed by atoms with Gasteiger partial charge in [0.25, 0.3) is 0 Å². The van der Waals surface area contributed by atoms with E-state index in [0.717, 1.165) is 55.5 Å². The third-order valence-corrected chi connectivity index (χ3v) is 7.45. The number of carbonyl (C=O) groups is 1. The van der Waals surface area contributed by atoms with Crippen molar-refractivity contribution in [3.63, 3.8) is 0 Å². The first-order valence-electron chi connectivity index (χ1n) is 11.0. The van der Waals surface area contributed by atoms with Gasteiger partial charge in [0.1, 0.15) is 0 Å². The lowest BCUT2D eigenvalue weighted by Crippen LogP contribution is -2.54. The van der Waals surface area contributed by atoms with Crippen LogP contribution < -0.4 is 10.2 Å². The summed E-state index contributed by atoms with van der Waals surface area (Å²) in [5, 5.41) is 11.6. The monoisotopic (exact) mass is 469 g/mol. The van der Waals surface area contributed by atoms with Crippen molar-refractivity contribution in [1.29, 1.82) is 0 Å². The molecule has 1 aromatic carbocycles. The molecule has 5 rings (SSSR count). The summed E-state index contributed by atoms with van der Waals surface area (Å²) >= 11 is 3.57. The highest BCUT2D eigenvalue weighted by molar-refractivity contribution is 9.10. The average Bonchev–Trinajstić information content (AvgIpc) is 3.68. The van der Waals surface area contributed by atoms with Crippen molar-refractivity contribution in [3.8, 4) is 0 Å². The molecule has 1 saturated heterocycles. The minimum absolute atomic E-state index is 0.116. The number of hydrogen-bond acceptors (Lipinski definition) is 4. The zero-order valence-electron chi connectivity index (χ0n) is 17.3. The number of halogens is 1. The Balaban J connectivity index is 1.24. The van der Waals surface area contributed by atoms with Crippen molar-refractivity contribution < 1.29 is 4.79 Å². The largest absolute Gasteiger partial charge is 0.353 e. The van der Waals surface area contributed by atoms with E-state index >= 15 is 0 Å². The summed E-state index contributed by atoms with van der Waals surface area (Å²) in [4.78, 5) is 17.7. The van der Waals surface area contributed by atoms with Crippen LogP contribution in [0.15, 0.2) is 41.0 Å². The van der Waals surface area contributed by atoms with Gasteiger partial charge in [-0.25, -0.2) is 4.79 Å². The van der Waals surface area contributed by atoms with Crippen LogP contribution in [0.25, 0.3) is 0 Å². The molecule has 7 heteroatoms. The van der Waals surface area contributed by atoms with E-state index < -0.39 is 0 Å². The fraction of sp³-hybridized carbons (Fsp3) is 0.522. The van der Waals surface area contributed by atoms with Crippen LogP contribution in [-0.2, 0) is 0 Å². The second-order valence-corrected chi connectivity index (χ2v) is 9.72. The summed E-state index contributed by atoms with van der Waals surface area (Å²) in [6.07, 6.45) is 7.10. The number of hydrogen-bond donors (Lipinski definition) is 1. The second kappa shape index (κ2) is 8.17. The number of piperidine rings is 1. The van der Waals surface area contributed by atoms with E-state index in [1.165, 1.54) is 11.1 Å². The quantitative estimate of drug-likeness (QED) is 0.710. The Morgan fingerprint density at radius 3 is 2.83 bits per heavy atom. The molecule has 3 atom stereocenters. The Hall–Kier alpha value is -2.15. The Morgan fingerprint density at radius 2 is 2.10 bits per heavy atom. The molecule has 6 nitrogen and oxygen atoms in total. The summed E-state index contributed by atoms with van der Waals surface area (Å²) in [7, 11) is 0. The van der Waals surface area contributed by atoms with Gasteiger partial charge >= 0.3 is 6.03 Å². The minimum Gasteiger partial charge on any atom is -0.353 e. The molecule has 3 aliphatic rings. The topological polar surface area (TPSA) is 61.4 Å². The predicted molar refractivity (Wildman–Crippen MR) is 121 cm³/mol. The van der Waals surface area contributed by atoms with Crippen LogP contribution in [0.1, 0.15) is 49.1 Å². The molecule has 0 radical (unpaired) electrons. The molecule has 0 unspecified atom stereocenters. The van der Waals surface area contributed by atoms with Gasteiger partial charge in [0.15, 0.2) is 5.82 Å². The highest BCUT2D eigenvalue weighted by atomic mass is 79.9. The summed E-state index contributed by atoms with van der Waals surface area (Å²) in [5.41, 5.74) is 2.57. The molecule has 0 bridgehead atoms. The molecule has 30 heavy (non-hydrogen) atoms. The molecule has 2 aromatic rings. The number of carbonyl (C=O) groups excluding carboxylic acids is 1. The van der Waals surface area contributed by atoms with E-state index in [1.54, 1.807) is 6.20 Å². The van der Waals surface area contributed by atoms with Gasteiger partial charge in [-0.2, -0.15) is 5.10 Å². The van der Waals surface area contributed by atoms with Gasteiger partial charge < -0.3 is 15.1 Å². The molecule has 2 amide bonds. The Kier molecular flexibility index (Phi) is 5.39. The van der Waals surface area contributed by atoms with Gasteiger partial charge in [-0.15, -0.1) is 5.10 Å². The zero-order chi connectivity index (χ0) is 20.7. The smallest absolute Gasteiger partial charge is 0.318 e. The van der Waals surface area contributed by atoms with Crippen LogP contribution in [0.5, 0.6) is 0 Å². The second-order valence-electron chi connectivity index (χ2n) is 8.87. The Morgan fingerprint density at radius 1 is 1.23 bits per heavy atom. The number of rotatable bonds is 5. The fourth-order valence-corrected chi connectivity index (χ4v) is 4.94. The van der Waals surface area contributed by atoms with Crippen LogP contribution in [0.3, 0.4) is 0 Å². The standard InChI is InChI=1S/C23H28BrN5O/c1-15-12-16(6-9-20(15)24)19-13-21(19)26-23(30)29(17-7-8-17)18-4-3-11-28(14-18)22-5-2-10-25-27-22/h2,5-6,9-10,12,17-19,21H,3-4,7-8,11,13-14H2,1H3,(H,26,30)/t18-,19-,21+/m1/s1. The SMILES string of the molecule is Cc1cc([C@H]2C[C@@H]2NC(=O)N(C2CC2)[C@@H]2CCCN(c3cccnn3)C2)ccc1Br. The molecule has 158 valence electrons. The van der Waals surface area contributed by atoms with E-state index in [-0.39, 0.29) is 18.1 Å². The number of nitrogens with zero attached hydrogens (tertiary/aromatic N) is 4. The number of nitrogens with one attached hydrogen (secondary N) is 1. The van der Waals surface area contributed by atoms with Gasteiger partial charge in [-0.1, -0.05) is 28.1 Å². The van der Waals surface area contributed by atoms with Crippen molar-refractivity contribution in [3.05, 3.63) is 52.1 Å². The van der Waals surface area contributed by atoms with Crippen LogP contribution in [0, 0.1) is 6.92 Å². The van der Waals surface area contributed by atoms with Gasteiger partial charge in [0, 0.05) is 41.8 Å². The van der Waals surface area contributed by atoms with E-state index in [2.05, 4.69) is 66.4 Å². The van der Waals surface area contributed by atoms with Gasteiger partial charge in [-0.05, 0) is 68.4 Å². The molecule has 0 spiro atoms. The van der Waals surface area contributed by atoms with E-state index in [1.807, 2.05) is 12.1 Å². The maximum absolute atomic E-state index is 13.3.